The SMILES string of the molecule is CCc1c(OC)cccc1C(=O)NN(C(=O)c1cc(C)cc(C)c1)C(C)C(C)(C)C. The van der Waals surface area contributed by atoms with Crippen molar-refractivity contribution in [2.24, 2.45) is 5.41 Å². The van der Waals surface area contributed by atoms with Gasteiger partial charge in [0.1, 0.15) is 5.75 Å². The maximum Gasteiger partial charge on any atom is 0.272 e. The second-order valence-electron chi connectivity index (χ2n) is 8.87. The van der Waals surface area contributed by atoms with Gasteiger partial charge in [-0.15, -0.1) is 0 Å². The normalized spacial score (nSPS) is 12.3. The Morgan fingerprint density at radius 2 is 1.70 bits per heavy atom. The molecule has 0 aliphatic carbocycles. The number of carbonyl (C=O) groups excluding carboxylic acids is 2. The third-order valence-corrected chi connectivity index (χ3v) is 5.50. The summed E-state index contributed by atoms with van der Waals surface area (Å²) < 4.78 is 5.42. The van der Waals surface area contributed by atoms with Crippen molar-refractivity contribution in [1.29, 1.82) is 0 Å². The number of hydrogen-bond donors (Lipinski definition) is 1. The summed E-state index contributed by atoms with van der Waals surface area (Å²) in [5.74, 6) is 0.124. The molecular weight excluding hydrogens is 376 g/mol. The molecule has 2 aromatic carbocycles. The van der Waals surface area contributed by atoms with Crippen LogP contribution >= 0.6 is 0 Å². The number of nitrogens with one attached hydrogen (secondary N) is 1. The average molecular weight is 411 g/mol. The predicted octanol–water partition coefficient (Wildman–Crippen LogP) is 5.10. The molecule has 0 aliphatic heterocycles. The van der Waals surface area contributed by atoms with Crippen LogP contribution in [0.2, 0.25) is 0 Å². The first-order valence-electron chi connectivity index (χ1n) is 10.4. The first-order valence-corrected chi connectivity index (χ1v) is 10.4. The highest BCUT2D eigenvalue weighted by molar-refractivity contribution is 6.00. The molecule has 0 bridgehead atoms. The largest absolute Gasteiger partial charge is 0.496 e. The van der Waals surface area contributed by atoms with Crippen LogP contribution in [0.3, 0.4) is 0 Å². The van der Waals surface area contributed by atoms with Gasteiger partial charge in [-0.25, -0.2) is 5.01 Å². The zero-order valence-electron chi connectivity index (χ0n) is 19.4. The summed E-state index contributed by atoms with van der Waals surface area (Å²) in [5, 5.41) is 1.47. The van der Waals surface area contributed by atoms with Crippen LogP contribution in [0.1, 0.15) is 72.0 Å². The number of nitrogens with zero attached hydrogens (tertiary/aromatic N) is 1. The molecule has 1 unspecified atom stereocenters. The topological polar surface area (TPSA) is 58.6 Å². The van der Waals surface area contributed by atoms with Crippen molar-refractivity contribution in [3.05, 3.63) is 64.2 Å². The summed E-state index contributed by atoms with van der Waals surface area (Å²) in [6.07, 6.45) is 0.645. The molecule has 5 nitrogen and oxygen atoms in total. The average Bonchev–Trinajstić information content (AvgIpc) is 2.68. The quantitative estimate of drug-likeness (QED) is 0.698. The number of hydrogen-bond acceptors (Lipinski definition) is 3. The number of rotatable bonds is 5. The molecule has 0 aromatic heterocycles. The van der Waals surface area contributed by atoms with Crippen molar-refractivity contribution in [1.82, 2.24) is 10.4 Å². The highest BCUT2D eigenvalue weighted by Crippen LogP contribution is 2.26. The molecular formula is C25H34N2O3. The van der Waals surface area contributed by atoms with E-state index in [1.807, 2.05) is 52.0 Å². The van der Waals surface area contributed by atoms with Crippen LogP contribution in [0.25, 0.3) is 0 Å². The van der Waals surface area contributed by atoms with E-state index in [1.165, 1.54) is 5.01 Å². The minimum absolute atomic E-state index is 0.224. The van der Waals surface area contributed by atoms with Gasteiger partial charge >= 0.3 is 0 Å². The molecule has 2 rings (SSSR count). The fraction of sp³-hybridized carbons (Fsp3) is 0.440. The van der Waals surface area contributed by atoms with Crippen LogP contribution in [-0.2, 0) is 6.42 Å². The van der Waals surface area contributed by atoms with Crippen LogP contribution in [0.5, 0.6) is 5.75 Å². The lowest BCUT2D eigenvalue weighted by Gasteiger charge is -2.38. The number of carbonyl (C=O) groups is 2. The number of benzene rings is 2. The highest BCUT2D eigenvalue weighted by Gasteiger charge is 2.32. The van der Waals surface area contributed by atoms with E-state index in [-0.39, 0.29) is 23.3 Å². The third kappa shape index (κ3) is 5.21. The molecule has 162 valence electrons. The van der Waals surface area contributed by atoms with Crippen molar-refractivity contribution < 1.29 is 14.3 Å². The predicted molar refractivity (Wildman–Crippen MR) is 121 cm³/mol. The van der Waals surface area contributed by atoms with E-state index in [9.17, 15) is 9.59 Å². The van der Waals surface area contributed by atoms with Gasteiger partial charge in [0, 0.05) is 16.7 Å². The van der Waals surface area contributed by atoms with Crippen molar-refractivity contribution >= 4 is 11.8 Å². The number of methoxy groups -OCH3 is 1. The number of hydrazine groups is 1. The fourth-order valence-corrected chi connectivity index (χ4v) is 3.45. The second-order valence-corrected chi connectivity index (χ2v) is 8.87. The Labute approximate surface area is 180 Å². The molecule has 30 heavy (non-hydrogen) atoms. The van der Waals surface area contributed by atoms with Crippen LogP contribution in [0, 0.1) is 19.3 Å². The summed E-state index contributed by atoms with van der Waals surface area (Å²) in [4.78, 5) is 26.7. The van der Waals surface area contributed by atoms with Gasteiger partial charge in [0.25, 0.3) is 11.8 Å². The lowest BCUT2D eigenvalue weighted by Crippen LogP contribution is -2.55. The van der Waals surface area contributed by atoms with Crippen molar-refractivity contribution in [3.8, 4) is 5.75 Å². The summed E-state index contributed by atoms with van der Waals surface area (Å²) in [6, 6.07) is 10.9. The van der Waals surface area contributed by atoms with Crippen LogP contribution in [-0.4, -0.2) is 30.0 Å². The van der Waals surface area contributed by atoms with Crippen LogP contribution in [0.15, 0.2) is 36.4 Å². The summed E-state index contributed by atoms with van der Waals surface area (Å²) in [6.45, 7) is 14.0. The molecule has 1 N–H and O–H groups in total. The van der Waals surface area contributed by atoms with Crippen LogP contribution in [0.4, 0.5) is 0 Å². The fourth-order valence-electron chi connectivity index (χ4n) is 3.45. The van der Waals surface area contributed by atoms with Gasteiger partial charge in [-0.05, 0) is 56.9 Å². The van der Waals surface area contributed by atoms with Gasteiger partial charge in [-0.3, -0.25) is 15.0 Å². The molecule has 0 spiro atoms. The zero-order chi connectivity index (χ0) is 22.6. The van der Waals surface area contributed by atoms with Crippen molar-refractivity contribution in [2.75, 3.05) is 7.11 Å². The van der Waals surface area contributed by atoms with Gasteiger partial charge in [-0.1, -0.05) is 51.0 Å². The molecule has 0 saturated heterocycles. The van der Waals surface area contributed by atoms with Crippen molar-refractivity contribution in [2.45, 2.75) is 60.9 Å². The standard InChI is InChI=1S/C25H34N2O3/c1-9-20-21(11-10-12-22(20)30-8)23(28)26-27(18(4)25(5,6)7)24(29)19-14-16(2)13-17(3)15-19/h10-15,18H,9H2,1-8H3,(H,26,28). The van der Waals surface area contributed by atoms with Gasteiger partial charge < -0.3 is 4.74 Å². The molecule has 5 heteroatoms. The molecule has 0 fully saturated rings. The zero-order valence-corrected chi connectivity index (χ0v) is 19.4. The van der Waals surface area contributed by atoms with E-state index in [0.29, 0.717) is 23.3 Å². The number of aryl methyl sites for hydroxylation is 2. The Bertz CT molecular complexity index is 908. The summed E-state index contributed by atoms with van der Waals surface area (Å²) in [7, 11) is 1.59. The molecule has 0 heterocycles. The first kappa shape index (κ1) is 23.5. The van der Waals surface area contributed by atoms with E-state index in [4.69, 9.17) is 4.74 Å². The molecule has 0 saturated carbocycles. The van der Waals surface area contributed by atoms with Crippen molar-refractivity contribution in [3.63, 3.8) is 0 Å². The minimum Gasteiger partial charge on any atom is -0.496 e. The van der Waals surface area contributed by atoms with E-state index in [0.717, 1.165) is 16.7 Å². The second kappa shape index (κ2) is 9.33. The molecule has 2 aromatic rings. The van der Waals surface area contributed by atoms with E-state index in [1.54, 1.807) is 19.2 Å². The lowest BCUT2D eigenvalue weighted by molar-refractivity contribution is 0.0336. The highest BCUT2D eigenvalue weighted by atomic mass is 16.5. The Hall–Kier alpha value is -2.82. The third-order valence-electron chi connectivity index (χ3n) is 5.50. The van der Waals surface area contributed by atoms with E-state index < -0.39 is 0 Å². The van der Waals surface area contributed by atoms with Gasteiger partial charge in [-0.2, -0.15) is 0 Å². The summed E-state index contributed by atoms with van der Waals surface area (Å²) in [5.41, 5.74) is 6.57. The van der Waals surface area contributed by atoms with Crippen LogP contribution < -0.4 is 10.2 Å². The maximum atomic E-state index is 13.5. The minimum atomic E-state index is -0.320. The van der Waals surface area contributed by atoms with Gasteiger partial charge in [0.15, 0.2) is 0 Å². The Kier molecular flexibility index (Phi) is 7.30. The van der Waals surface area contributed by atoms with Gasteiger partial charge in [0.2, 0.25) is 0 Å². The molecule has 1 atom stereocenters. The number of ether oxygens (including phenoxy) is 1. The summed E-state index contributed by atoms with van der Waals surface area (Å²) >= 11 is 0. The molecule has 0 aliphatic rings. The van der Waals surface area contributed by atoms with Gasteiger partial charge in [0.05, 0.1) is 13.2 Å². The van der Waals surface area contributed by atoms with E-state index >= 15 is 0 Å². The molecule has 0 radical (unpaired) electrons. The molecule has 2 amide bonds. The lowest BCUT2D eigenvalue weighted by atomic mass is 9.87. The Balaban J connectivity index is 2.46. The Morgan fingerprint density at radius 1 is 1.10 bits per heavy atom. The Morgan fingerprint density at radius 3 is 2.20 bits per heavy atom. The monoisotopic (exact) mass is 410 g/mol. The first-order chi connectivity index (χ1) is 14.0. The number of amides is 2. The smallest absolute Gasteiger partial charge is 0.272 e. The van der Waals surface area contributed by atoms with E-state index in [2.05, 4.69) is 26.2 Å². The maximum absolute atomic E-state index is 13.5.